The number of rotatable bonds is 4. The van der Waals surface area contributed by atoms with Crippen molar-refractivity contribution in [3.63, 3.8) is 0 Å². The van der Waals surface area contributed by atoms with Crippen LogP contribution in [-0.4, -0.2) is 18.7 Å². The van der Waals surface area contributed by atoms with Crippen molar-refractivity contribution >= 4 is 12.1 Å². The molecule has 0 spiro atoms. The van der Waals surface area contributed by atoms with Gasteiger partial charge in [0.2, 0.25) is 0 Å². The van der Waals surface area contributed by atoms with Crippen molar-refractivity contribution in [2.75, 3.05) is 6.61 Å². The van der Waals surface area contributed by atoms with Gasteiger partial charge in [0.15, 0.2) is 0 Å². The zero-order valence-corrected chi connectivity index (χ0v) is 10.4. The Balaban J connectivity index is 2.48. The summed E-state index contributed by atoms with van der Waals surface area (Å²) in [5.41, 5.74) is 2.13. The van der Waals surface area contributed by atoms with Crippen LogP contribution in [-0.2, 0) is 19.6 Å². The van der Waals surface area contributed by atoms with E-state index in [-0.39, 0.29) is 6.61 Å². The predicted octanol–water partition coefficient (Wildman–Crippen LogP) is 2.48. The van der Waals surface area contributed by atoms with Crippen LogP contribution in [0.25, 0.3) is 0 Å². The van der Waals surface area contributed by atoms with E-state index in [1.807, 2.05) is 19.9 Å². The minimum atomic E-state index is -1.08. The summed E-state index contributed by atoms with van der Waals surface area (Å²) in [6.07, 6.45) is -1.08. The molecule has 0 atom stereocenters. The number of carbonyl (C=O) groups excluding carboxylic acids is 2. The van der Waals surface area contributed by atoms with Gasteiger partial charge in [-0.15, -0.1) is 0 Å². The molecule has 0 saturated heterocycles. The van der Waals surface area contributed by atoms with Gasteiger partial charge in [0.05, 0.1) is 17.2 Å². The Hall–Kier alpha value is -2.08. The summed E-state index contributed by atoms with van der Waals surface area (Å²) in [5, 5.41) is 4.02. The van der Waals surface area contributed by atoms with Crippen LogP contribution in [0.4, 0.5) is 4.79 Å². The van der Waals surface area contributed by atoms with Crippen LogP contribution < -0.4 is 0 Å². The minimum Gasteiger partial charge on any atom is -0.433 e. The molecule has 6 nitrogen and oxygen atoms in total. The first-order valence-electron chi connectivity index (χ1n) is 5.33. The van der Waals surface area contributed by atoms with Crippen molar-refractivity contribution in [2.45, 2.75) is 20.8 Å². The summed E-state index contributed by atoms with van der Waals surface area (Å²) >= 11 is 0. The van der Waals surface area contributed by atoms with Gasteiger partial charge in [-0.3, -0.25) is 4.89 Å². The third-order valence-electron chi connectivity index (χ3n) is 1.93. The van der Waals surface area contributed by atoms with Crippen LogP contribution in [0.5, 0.6) is 0 Å². The first-order chi connectivity index (χ1) is 8.52. The fourth-order valence-corrected chi connectivity index (χ4v) is 1.36. The van der Waals surface area contributed by atoms with E-state index in [9.17, 15) is 9.59 Å². The Morgan fingerprint density at radius 3 is 2.22 bits per heavy atom. The molecule has 1 rings (SSSR count). The first kappa shape index (κ1) is 14.0. The molecule has 0 fully saturated rings. The normalized spacial score (nSPS) is 9.72. The highest BCUT2D eigenvalue weighted by molar-refractivity contribution is 5.89. The Labute approximate surface area is 104 Å². The SMILES string of the molecule is CCOC(=O)OOOC(=O)c1cc(C)cc(C)c1. The second-order valence-electron chi connectivity index (χ2n) is 3.58. The Morgan fingerprint density at radius 2 is 1.67 bits per heavy atom. The van der Waals surface area contributed by atoms with Crippen molar-refractivity contribution < 1.29 is 29.1 Å². The van der Waals surface area contributed by atoms with Crippen LogP contribution in [0.2, 0.25) is 0 Å². The number of carbonyl (C=O) groups is 2. The van der Waals surface area contributed by atoms with Gasteiger partial charge in [-0.2, -0.15) is 0 Å². The molecule has 0 aliphatic carbocycles. The van der Waals surface area contributed by atoms with Gasteiger partial charge in [-0.05, 0) is 32.9 Å². The molecule has 18 heavy (non-hydrogen) atoms. The largest absolute Gasteiger partial charge is 0.543 e. The van der Waals surface area contributed by atoms with Gasteiger partial charge < -0.3 is 4.74 Å². The Morgan fingerprint density at radius 1 is 1.06 bits per heavy atom. The molecule has 0 aliphatic rings. The molecule has 0 N–H and O–H groups in total. The molecule has 1 aromatic carbocycles. The highest BCUT2D eigenvalue weighted by Gasteiger charge is 2.12. The highest BCUT2D eigenvalue weighted by atomic mass is 17.5. The van der Waals surface area contributed by atoms with Crippen molar-refractivity contribution in [1.82, 2.24) is 0 Å². The second-order valence-corrected chi connectivity index (χ2v) is 3.58. The van der Waals surface area contributed by atoms with Gasteiger partial charge >= 0.3 is 12.1 Å². The molecular weight excluding hydrogens is 240 g/mol. The highest BCUT2D eigenvalue weighted by Crippen LogP contribution is 2.10. The fraction of sp³-hybridized carbons (Fsp3) is 0.333. The molecule has 0 unspecified atom stereocenters. The lowest BCUT2D eigenvalue weighted by atomic mass is 10.1. The lowest BCUT2D eigenvalue weighted by Gasteiger charge is -2.04. The first-order valence-corrected chi connectivity index (χ1v) is 5.33. The van der Waals surface area contributed by atoms with Gasteiger partial charge in [-0.1, -0.05) is 17.2 Å². The topological polar surface area (TPSA) is 71.1 Å². The van der Waals surface area contributed by atoms with Crippen LogP contribution in [0.3, 0.4) is 0 Å². The summed E-state index contributed by atoms with van der Waals surface area (Å²) in [5.74, 6) is -0.758. The molecule has 0 bridgehead atoms. The van der Waals surface area contributed by atoms with E-state index < -0.39 is 12.1 Å². The molecule has 0 aliphatic heterocycles. The molecule has 0 heterocycles. The summed E-state index contributed by atoms with van der Waals surface area (Å²) in [7, 11) is 0. The molecule has 0 saturated carbocycles. The maximum atomic E-state index is 11.5. The summed E-state index contributed by atoms with van der Waals surface area (Å²) in [6, 6.07) is 5.17. The van der Waals surface area contributed by atoms with Crippen LogP contribution in [0.1, 0.15) is 28.4 Å². The van der Waals surface area contributed by atoms with E-state index in [0.717, 1.165) is 11.1 Å². The van der Waals surface area contributed by atoms with E-state index >= 15 is 0 Å². The van der Waals surface area contributed by atoms with E-state index in [0.29, 0.717) is 5.56 Å². The maximum Gasteiger partial charge on any atom is 0.543 e. The van der Waals surface area contributed by atoms with Crippen LogP contribution >= 0.6 is 0 Å². The number of benzene rings is 1. The zero-order chi connectivity index (χ0) is 13.5. The number of hydrogen-bond acceptors (Lipinski definition) is 6. The molecule has 98 valence electrons. The number of hydrogen-bond donors (Lipinski definition) is 0. The molecule has 0 radical (unpaired) electrons. The summed E-state index contributed by atoms with van der Waals surface area (Å²) in [6.45, 7) is 5.43. The van der Waals surface area contributed by atoms with E-state index in [1.54, 1.807) is 19.1 Å². The maximum absolute atomic E-state index is 11.5. The average molecular weight is 254 g/mol. The quantitative estimate of drug-likeness (QED) is 0.467. The zero-order valence-electron chi connectivity index (χ0n) is 10.4. The van der Waals surface area contributed by atoms with Crippen molar-refractivity contribution in [2.24, 2.45) is 0 Å². The van der Waals surface area contributed by atoms with Crippen molar-refractivity contribution in [3.05, 3.63) is 34.9 Å². The lowest BCUT2D eigenvalue weighted by Crippen LogP contribution is -2.12. The summed E-state index contributed by atoms with van der Waals surface area (Å²) < 4.78 is 4.39. The molecule has 6 heteroatoms. The molecule has 0 aromatic heterocycles. The predicted molar refractivity (Wildman–Crippen MR) is 60.5 cm³/mol. The Bertz CT molecular complexity index is 420. The van der Waals surface area contributed by atoms with Crippen LogP contribution in [0, 0.1) is 13.8 Å². The molecule has 0 amide bonds. The standard InChI is InChI=1S/C12H14O6/c1-4-15-12(14)17-18-16-11(13)10-6-8(2)5-9(3)7-10/h5-7H,4H2,1-3H3. The third kappa shape index (κ3) is 4.42. The number of aryl methyl sites for hydroxylation is 2. The second kappa shape index (κ2) is 6.61. The van der Waals surface area contributed by atoms with Crippen molar-refractivity contribution in [1.29, 1.82) is 0 Å². The molecular formula is C12H14O6. The van der Waals surface area contributed by atoms with Crippen LogP contribution in [0.15, 0.2) is 18.2 Å². The van der Waals surface area contributed by atoms with E-state index in [2.05, 4.69) is 19.6 Å². The summed E-state index contributed by atoms with van der Waals surface area (Å²) in [4.78, 5) is 30.5. The monoisotopic (exact) mass is 254 g/mol. The lowest BCUT2D eigenvalue weighted by molar-refractivity contribution is -0.452. The smallest absolute Gasteiger partial charge is 0.433 e. The Kier molecular flexibility index (Phi) is 5.13. The number of ether oxygens (including phenoxy) is 1. The fourth-order valence-electron chi connectivity index (χ4n) is 1.36. The van der Waals surface area contributed by atoms with E-state index in [4.69, 9.17) is 0 Å². The average Bonchev–Trinajstić information content (AvgIpc) is 2.27. The van der Waals surface area contributed by atoms with Gasteiger partial charge in [0.25, 0.3) is 0 Å². The van der Waals surface area contributed by atoms with E-state index in [1.165, 1.54) is 0 Å². The van der Waals surface area contributed by atoms with Gasteiger partial charge in [0, 0.05) is 0 Å². The van der Waals surface area contributed by atoms with Crippen molar-refractivity contribution in [3.8, 4) is 0 Å². The van der Waals surface area contributed by atoms with Gasteiger partial charge in [0.1, 0.15) is 0 Å². The van der Waals surface area contributed by atoms with Gasteiger partial charge in [-0.25, -0.2) is 14.5 Å². The molecule has 1 aromatic rings. The minimum absolute atomic E-state index is 0.132. The third-order valence-corrected chi connectivity index (χ3v) is 1.93.